The summed E-state index contributed by atoms with van der Waals surface area (Å²) in [6.07, 6.45) is 9.01. The standard InChI is InChI=1S/C13H17NO/c15-13-9-5-2-1-3-7-11(9)14-12-8-4-6-10(12)13/h1-8H2,(H,14,15). The smallest absolute Gasteiger partial charge is 0.188 e. The molecule has 0 aliphatic heterocycles. The van der Waals surface area contributed by atoms with E-state index in [2.05, 4.69) is 4.98 Å². The molecular weight excluding hydrogens is 186 g/mol. The quantitative estimate of drug-likeness (QED) is 0.644. The van der Waals surface area contributed by atoms with E-state index in [1.807, 2.05) is 0 Å². The molecule has 15 heavy (non-hydrogen) atoms. The number of aromatic amines is 1. The van der Waals surface area contributed by atoms with Gasteiger partial charge in [-0.25, -0.2) is 0 Å². The zero-order valence-corrected chi connectivity index (χ0v) is 9.07. The van der Waals surface area contributed by atoms with Crippen LogP contribution in [0.4, 0.5) is 0 Å². The van der Waals surface area contributed by atoms with Gasteiger partial charge < -0.3 is 4.98 Å². The molecule has 0 fully saturated rings. The molecule has 0 aromatic carbocycles. The van der Waals surface area contributed by atoms with Gasteiger partial charge in [-0.3, -0.25) is 4.79 Å². The van der Waals surface area contributed by atoms with Crippen molar-refractivity contribution in [1.29, 1.82) is 0 Å². The SMILES string of the molecule is O=c1c2c([nH]c3c1CCC3)CCCCC2. The van der Waals surface area contributed by atoms with Gasteiger partial charge in [0.05, 0.1) is 0 Å². The minimum atomic E-state index is 0.373. The summed E-state index contributed by atoms with van der Waals surface area (Å²) in [7, 11) is 0. The molecule has 0 radical (unpaired) electrons. The molecule has 0 atom stereocenters. The van der Waals surface area contributed by atoms with Gasteiger partial charge in [-0.05, 0) is 44.9 Å². The molecule has 1 aromatic heterocycles. The Morgan fingerprint density at radius 1 is 0.733 bits per heavy atom. The normalized spacial score (nSPS) is 19.5. The predicted molar refractivity (Wildman–Crippen MR) is 60.3 cm³/mol. The molecule has 2 aliphatic rings. The van der Waals surface area contributed by atoms with Gasteiger partial charge in [0.1, 0.15) is 0 Å². The second kappa shape index (κ2) is 3.51. The monoisotopic (exact) mass is 203 g/mol. The molecule has 0 saturated carbocycles. The molecule has 2 aliphatic carbocycles. The highest BCUT2D eigenvalue weighted by molar-refractivity contribution is 5.34. The fourth-order valence-electron chi connectivity index (χ4n) is 2.97. The van der Waals surface area contributed by atoms with E-state index in [-0.39, 0.29) is 0 Å². The topological polar surface area (TPSA) is 32.9 Å². The van der Waals surface area contributed by atoms with E-state index in [1.54, 1.807) is 0 Å². The number of aryl methyl sites for hydroxylation is 2. The number of hydrogen-bond acceptors (Lipinski definition) is 1. The van der Waals surface area contributed by atoms with Gasteiger partial charge in [0.15, 0.2) is 5.43 Å². The van der Waals surface area contributed by atoms with Crippen LogP contribution < -0.4 is 5.43 Å². The fraction of sp³-hybridized carbons (Fsp3) is 0.615. The Hall–Kier alpha value is -1.05. The Labute approximate surface area is 89.7 Å². The van der Waals surface area contributed by atoms with Crippen LogP contribution in [0.3, 0.4) is 0 Å². The lowest BCUT2D eigenvalue weighted by molar-refractivity contribution is 0.707. The summed E-state index contributed by atoms with van der Waals surface area (Å²) in [4.78, 5) is 15.8. The first-order valence-corrected chi connectivity index (χ1v) is 6.12. The average Bonchev–Trinajstić information content (AvgIpc) is 2.56. The molecule has 3 rings (SSSR count). The van der Waals surface area contributed by atoms with Crippen molar-refractivity contribution >= 4 is 0 Å². The number of hydrogen-bond donors (Lipinski definition) is 1. The molecule has 0 unspecified atom stereocenters. The number of rotatable bonds is 0. The zero-order valence-electron chi connectivity index (χ0n) is 9.07. The second-order valence-electron chi connectivity index (χ2n) is 4.78. The third-order valence-corrected chi connectivity index (χ3v) is 3.79. The van der Waals surface area contributed by atoms with Crippen LogP contribution in [0.5, 0.6) is 0 Å². The average molecular weight is 203 g/mol. The van der Waals surface area contributed by atoms with Crippen LogP contribution in [0.2, 0.25) is 0 Å². The first-order valence-electron chi connectivity index (χ1n) is 6.12. The fourth-order valence-corrected chi connectivity index (χ4v) is 2.97. The third-order valence-electron chi connectivity index (χ3n) is 3.79. The summed E-state index contributed by atoms with van der Waals surface area (Å²) in [6.45, 7) is 0. The van der Waals surface area contributed by atoms with Crippen molar-refractivity contribution < 1.29 is 0 Å². The van der Waals surface area contributed by atoms with Gasteiger partial charge in [-0.1, -0.05) is 6.42 Å². The van der Waals surface area contributed by atoms with Crippen molar-refractivity contribution in [3.63, 3.8) is 0 Å². The van der Waals surface area contributed by atoms with E-state index >= 15 is 0 Å². The van der Waals surface area contributed by atoms with E-state index in [1.165, 1.54) is 30.7 Å². The van der Waals surface area contributed by atoms with Crippen molar-refractivity contribution in [1.82, 2.24) is 4.98 Å². The minimum Gasteiger partial charge on any atom is -0.362 e. The van der Waals surface area contributed by atoms with Gasteiger partial charge in [0.25, 0.3) is 0 Å². The Balaban J connectivity index is 2.19. The molecule has 1 heterocycles. The molecule has 1 N–H and O–H groups in total. The van der Waals surface area contributed by atoms with Crippen molar-refractivity contribution in [3.05, 3.63) is 32.7 Å². The largest absolute Gasteiger partial charge is 0.362 e. The van der Waals surface area contributed by atoms with Gasteiger partial charge in [-0.15, -0.1) is 0 Å². The van der Waals surface area contributed by atoms with Crippen molar-refractivity contribution in [2.24, 2.45) is 0 Å². The van der Waals surface area contributed by atoms with Gasteiger partial charge in [0.2, 0.25) is 0 Å². The van der Waals surface area contributed by atoms with Crippen molar-refractivity contribution in [3.8, 4) is 0 Å². The third kappa shape index (κ3) is 1.43. The second-order valence-corrected chi connectivity index (χ2v) is 4.78. The Morgan fingerprint density at radius 2 is 1.33 bits per heavy atom. The number of H-pyrrole nitrogens is 1. The first-order chi connectivity index (χ1) is 7.36. The van der Waals surface area contributed by atoms with Gasteiger partial charge in [0, 0.05) is 22.5 Å². The maximum atomic E-state index is 12.2. The highest BCUT2D eigenvalue weighted by atomic mass is 16.1. The predicted octanol–water partition coefficient (Wildman–Crippen LogP) is 2.13. The highest BCUT2D eigenvalue weighted by Crippen LogP contribution is 2.22. The molecule has 0 bridgehead atoms. The van der Waals surface area contributed by atoms with Crippen LogP contribution in [0.25, 0.3) is 0 Å². The maximum absolute atomic E-state index is 12.2. The van der Waals surface area contributed by atoms with Crippen LogP contribution in [0.1, 0.15) is 48.2 Å². The number of fused-ring (bicyclic) bond motifs is 2. The number of nitrogens with one attached hydrogen (secondary N) is 1. The van der Waals surface area contributed by atoms with Crippen LogP contribution in [-0.4, -0.2) is 4.98 Å². The molecule has 1 aromatic rings. The zero-order chi connectivity index (χ0) is 10.3. The maximum Gasteiger partial charge on any atom is 0.188 e. The lowest BCUT2D eigenvalue weighted by atomic mass is 10.0. The van der Waals surface area contributed by atoms with Crippen molar-refractivity contribution in [2.45, 2.75) is 51.4 Å². The van der Waals surface area contributed by atoms with Crippen molar-refractivity contribution in [2.75, 3.05) is 0 Å². The van der Waals surface area contributed by atoms with E-state index in [9.17, 15) is 4.79 Å². The minimum absolute atomic E-state index is 0.373. The Kier molecular flexibility index (Phi) is 2.15. The van der Waals surface area contributed by atoms with E-state index < -0.39 is 0 Å². The van der Waals surface area contributed by atoms with Crippen LogP contribution in [0.15, 0.2) is 4.79 Å². The summed E-state index contributed by atoms with van der Waals surface area (Å²) in [5, 5.41) is 0. The lowest BCUT2D eigenvalue weighted by Crippen LogP contribution is -2.18. The molecule has 0 saturated heterocycles. The summed E-state index contributed by atoms with van der Waals surface area (Å²) in [6, 6.07) is 0. The summed E-state index contributed by atoms with van der Waals surface area (Å²) < 4.78 is 0. The number of aromatic nitrogens is 1. The van der Waals surface area contributed by atoms with Crippen LogP contribution in [0, 0.1) is 0 Å². The van der Waals surface area contributed by atoms with Gasteiger partial charge >= 0.3 is 0 Å². The molecule has 0 amide bonds. The molecule has 80 valence electrons. The van der Waals surface area contributed by atoms with E-state index in [0.29, 0.717) is 5.43 Å². The van der Waals surface area contributed by atoms with Crippen LogP contribution >= 0.6 is 0 Å². The number of pyridine rings is 1. The first kappa shape index (κ1) is 9.20. The Bertz CT molecular complexity index is 445. The lowest BCUT2D eigenvalue weighted by Gasteiger charge is -2.08. The summed E-state index contributed by atoms with van der Waals surface area (Å²) in [5.41, 5.74) is 5.06. The molecule has 0 spiro atoms. The Morgan fingerprint density at radius 3 is 2.13 bits per heavy atom. The molecular formula is C13H17NO. The highest BCUT2D eigenvalue weighted by Gasteiger charge is 2.20. The van der Waals surface area contributed by atoms with E-state index in [4.69, 9.17) is 0 Å². The molecule has 2 heteroatoms. The van der Waals surface area contributed by atoms with Gasteiger partial charge in [-0.2, -0.15) is 0 Å². The summed E-state index contributed by atoms with van der Waals surface area (Å²) in [5.74, 6) is 0. The van der Waals surface area contributed by atoms with E-state index in [0.717, 1.165) is 43.2 Å². The molecule has 2 nitrogen and oxygen atoms in total. The van der Waals surface area contributed by atoms with Crippen LogP contribution in [-0.2, 0) is 25.7 Å². The summed E-state index contributed by atoms with van der Waals surface area (Å²) >= 11 is 0.